The molecule has 4 nitrogen and oxygen atoms in total. The van der Waals surface area contributed by atoms with Crippen LogP contribution in [0.2, 0.25) is 5.02 Å². The first kappa shape index (κ1) is 12.5. The second kappa shape index (κ2) is 4.53. The normalized spacial score (nSPS) is 26.8. The fourth-order valence-corrected chi connectivity index (χ4v) is 3.09. The van der Waals surface area contributed by atoms with Crippen LogP contribution in [0, 0.1) is 5.92 Å². The summed E-state index contributed by atoms with van der Waals surface area (Å²) in [5.41, 5.74) is 0.745. The number of rotatable bonds is 3. The molecule has 19 heavy (non-hydrogen) atoms. The van der Waals surface area contributed by atoms with E-state index in [0.29, 0.717) is 5.02 Å². The number of benzene rings is 1. The first-order valence-electron chi connectivity index (χ1n) is 6.38. The minimum Gasteiger partial charge on any atom is -0.481 e. The lowest BCUT2D eigenvalue weighted by atomic mass is 9.93. The van der Waals surface area contributed by atoms with E-state index in [0.717, 1.165) is 18.4 Å². The third kappa shape index (κ3) is 2.10. The fourth-order valence-electron chi connectivity index (χ4n) is 2.84. The second-order valence-electron chi connectivity index (χ2n) is 5.15. The van der Waals surface area contributed by atoms with Gasteiger partial charge in [0.2, 0.25) is 5.91 Å². The van der Waals surface area contributed by atoms with Gasteiger partial charge in [-0.15, -0.1) is 0 Å². The van der Waals surface area contributed by atoms with E-state index in [2.05, 4.69) is 0 Å². The van der Waals surface area contributed by atoms with Crippen LogP contribution < -0.4 is 0 Å². The van der Waals surface area contributed by atoms with Gasteiger partial charge >= 0.3 is 5.97 Å². The van der Waals surface area contributed by atoms with Crippen molar-refractivity contribution in [2.45, 2.75) is 31.3 Å². The van der Waals surface area contributed by atoms with Crippen molar-refractivity contribution in [1.29, 1.82) is 0 Å². The Hall–Kier alpha value is -1.55. The summed E-state index contributed by atoms with van der Waals surface area (Å²) >= 11 is 6.18. The molecule has 1 saturated carbocycles. The number of halogens is 1. The highest BCUT2D eigenvalue weighted by Crippen LogP contribution is 2.46. The van der Waals surface area contributed by atoms with Gasteiger partial charge in [0, 0.05) is 17.5 Å². The van der Waals surface area contributed by atoms with E-state index in [4.69, 9.17) is 11.6 Å². The molecule has 1 saturated heterocycles. The molecule has 100 valence electrons. The molecule has 0 bridgehead atoms. The molecule has 1 heterocycles. The van der Waals surface area contributed by atoms with Crippen LogP contribution in [-0.2, 0) is 9.59 Å². The Kier molecular flexibility index (Phi) is 2.97. The van der Waals surface area contributed by atoms with Gasteiger partial charge in [-0.3, -0.25) is 9.59 Å². The summed E-state index contributed by atoms with van der Waals surface area (Å²) in [4.78, 5) is 25.2. The SMILES string of the molecule is O=C(O)C1CC(=O)N(C2CC2)C1c1ccccc1Cl. The smallest absolute Gasteiger partial charge is 0.309 e. The Bertz CT molecular complexity index is 541. The Morgan fingerprint density at radius 2 is 2.00 bits per heavy atom. The van der Waals surface area contributed by atoms with Gasteiger partial charge in [-0.2, -0.15) is 0 Å². The lowest BCUT2D eigenvalue weighted by molar-refractivity contribution is -0.142. The number of hydrogen-bond donors (Lipinski definition) is 1. The maximum Gasteiger partial charge on any atom is 0.309 e. The average Bonchev–Trinajstić information content (AvgIpc) is 3.13. The van der Waals surface area contributed by atoms with Crippen molar-refractivity contribution < 1.29 is 14.7 Å². The van der Waals surface area contributed by atoms with Gasteiger partial charge in [-0.1, -0.05) is 29.8 Å². The van der Waals surface area contributed by atoms with E-state index in [-0.39, 0.29) is 18.4 Å². The number of carbonyl (C=O) groups excluding carboxylic acids is 1. The van der Waals surface area contributed by atoms with Crippen LogP contribution in [0.3, 0.4) is 0 Å². The molecule has 1 aromatic carbocycles. The van der Waals surface area contributed by atoms with Crippen molar-refractivity contribution in [1.82, 2.24) is 4.90 Å². The Morgan fingerprint density at radius 3 is 2.58 bits per heavy atom. The van der Waals surface area contributed by atoms with Gasteiger partial charge in [0.25, 0.3) is 0 Å². The first-order valence-corrected chi connectivity index (χ1v) is 6.76. The monoisotopic (exact) mass is 279 g/mol. The van der Waals surface area contributed by atoms with Gasteiger partial charge in [0.1, 0.15) is 0 Å². The second-order valence-corrected chi connectivity index (χ2v) is 5.55. The summed E-state index contributed by atoms with van der Waals surface area (Å²) in [6.07, 6.45) is 1.99. The molecule has 0 spiro atoms. The molecule has 0 aromatic heterocycles. The molecule has 1 aromatic rings. The number of carboxylic acid groups (broad SMARTS) is 1. The van der Waals surface area contributed by atoms with Crippen LogP contribution >= 0.6 is 11.6 Å². The number of aliphatic carboxylic acids is 1. The lowest BCUT2D eigenvalue weighted by Gasteiger charge is -2.28. The van der Waals surface area contributed by atoms with E-state index in [1.165, 1.54) is 0 Å². The standard InChI is InChI=1S/C14H14ClNO3/c15-11-4-2-1-3-9(11)13-10(14(18)19)7-12(17)16(13)8-5-6-8/h1-4,8,10,13H,5-7H2,(H,18,19). The quantitative estimate of drug-likeness (QED) is 0.925. The fraction of sp³-hybridized carbons (Fsp3) is 0.429. The molecular formula is C14H14ClNO3. The maximum absolute atomic E-state index is 12.1. The zero-order valence-corrected chi connectivity index (χ0v) is 11.0. The first-order chi connectivity index (χ1) is 9.09. The summed E-state index contributed by atoms with van der Waals surface area (Å²) in [7, 11) is 0. The van der Waals surface area contributed by atoms with Crippen molar-refractivity contribution in [3.8, 4) is 0 Å². The molecule has 1 amide bonds. The molecule has 1 aliphatic carbocycles. The zero-order chi connectivity index (χ0) is 13.6. The van der Waals surface area contributed by atoms with Crippen molar-refractivity contribution in [3.05, 3.63) is 34.9 Å². The summed E-state index contributed by atoms with van der Waals surface area (Å²) in [6, 6.07) is 6.96. The molecule has 5 heteroatoms. The summed E-state index contributed by atoms with van der Waals surface area (Å²) < 4.78 is 0. The number of likely N-dealkylation sites (tertiary alicyclic amines) is 1. The van der Waals surface area contributed by atoms with Crippen LogP contribution in [-0.4, -0.2) is 27.9 Å². The minimum atomic E-state index is -0.929. The molecule has 1 N–H and O–H groups in total. The summed E-state index contributed by atoms with van der Waals surface area (Å²) in [6.45, 7) is 0. The number of amides is 1. The molecule has 2 unspecified atom stereocenters. The molecule has 3 rings (SSSR count). The van der Waals surface area contributed by atoms with Crippen molar-refractivity contribution in [2.24, 2.45) is 5.92 Å². The molecule has 2 atom stereocenters. The van der Waals surface area contributed by atoms with Crippen LogP contribution in [0.15, 0.2) is 24.3 Å². The van der Waals surface area contributed by atoms with Crippen LogP contribution in [0.5, 0.6) is 0 Å². The highest BCUT2D eigenvalue weighted by molar-refractivity contribution is 6.31. The minimum absolute atomic E-state index is 0.0696. The maximum atomic E-state index is 12.1. The third-order valence-corrected chi connectivity index (χ3v) is 4.19. The highest BCUT2D eigenvalue weighted by Gasteiger charge is 2.50. The Balaban J connectivity index is 2.04. The number of carbonyl (C=O) groups is 2. The number of nitrogens with zero attached hydrogens (tertiary/aromatic N) is 1. The van der Waals surface area contributed by atoms with E-state index in [9.17, 15) is 14.7 Å². The predicted molar refractivity (Wildman–Crippen MR) is 69.8 cm³/mol. The lowest BCUT2D eigenvalue weighted by Crippen LogP contribution is -2.32. The van der Waals surface area contributed by atoms with Gasteiger partial charge in [0.15, 0.2) is 0 Å². The molecule has 0 radical (unpaired) electrons. The number of hydrogen-bond acceptors (Lipinski definition) is 2. The predicted octanol–water partition coefficient (Wildman–Crippen LogP) is 2.48. The third-order valence-electron chi connectivity index (χ3n) is 3.84. The van der Waals surface area contributed by atoms with Gasteiger partial charge < -0.3 is 10.0 Å². The van der Waals surface area contributed by atoms with Crippen molar-refractivity contribution >= 4 is 23.5 Å². The molecule has 2 aliphatic rings. The van der Waals surface area contributed by atoms with Gasteiger partial charge in [0.05, 0.1) is 12.0 Å². The van der Waals surface area contributed by atoms with Crippen molar-refractivity contribution in [2.75, 3.05) is 0 Å². The van der Waals surface area contributed by atoms with E-state index in [1.54, 1.807) is 17.0 Å². The Morgan fingerprint density at radius 1 is 1.32 bits per heavy atom. The molecule has 2 fully saturated rings. The average molecular weight is 280 g/mol. The largest absolute Gasteiger partial charge is 0.481 e. The molecule has 1 aliphatic heterocycles. The topological polar surface area (TPSA) is 57.6 Å². The van der Waals surface area contributed by atoms with E-state index >= 15 is 0 Å². The summed E-state index contributed by atoms with van der Waals surface area (Å²) in [5.74, 6) is -1.70. The van der Waals surface area contributed by atoms with Crippen LogP contribution in [0.1, 0.15) is 30.9 Å². The van der Waals surface area contributed by atoms with Crippen molar-refractivity contribution in [3.63, 3.8) is 0 Å². The summed E-state index contributed by atoms with van der Waals surface area (Å²) in [5, 5.41) is 9.88. The van der Waals surface area contributed by atoms with Crippen LogP contribution in [0.4, 0.5) is 0 Å². The van der Waals surface area contributed by atoms with Gasteiger partial charge in [-0.05, 0) is 24.5 Å². The Labute approximate surface area is 116 Å². The van der Waals surface area contributed by atoms with Crippen LogP contribution in [0.25, 0.3) is 0 Å². The zero-order valence-electron chi connectivity index (χ0n) is 10.3. The van der Waals surface area contributed by atoms with Gasteiger partial charge in [-0.25, -0.2) is 0 Å². The molecular weight excluding hydrogens is 266 g/mol. The highest BCUT2D eigenvalue weighted by atomic mass is 35.5. The number of carboxylic acids is 1. The van der Waals surface area contributed by atoms with E-state index in [1.807, 2.05) is 12.1 Å². The van der Waals surface area contributed by atoms with E-state index < -0.39 is 17.9 Å².